The monoisotopic (exact) mass is 356 g/mol. The fraction of sp³-hybridized carbons (Fsp3) is 0.533. The minimum absolute atomic E-state index is 0.0153. The zero-order valence-electron chi connectivity index (χ0n) is 11.6. The van der Waals surface area contributed by atoms with Gasteiger partial charge in [-0.25, -0.2) is 4.39 Å². The maximum atomic E-state index is 13.6. The molecule has 2 fully saturated rings. The van der Waals surface area contributed by atoms with Crippen molar-refractivity contribution in [1.29, 1.82) is 0 Å². The molecule has 1 aromatic rings. The SMILES string of the molecule is O=C(NCC1CN2CCCC2CO1)c1cc(Br)ccc1F. The summed E-state index contributed by atoms with van der Waals surface area (Å²) < 4.78 is 20.1. The quantitative estimate of drug-likeness (QED) is 0.902. The summed E-state index contributed by atoms with van der Waals surface area (Å²) in [5.74, 6) is -0.916. The number of amides is 1. The molecule has 3 rings (SSSR count). The molecule has 0 spiro atoms. The lowest BCUT2D eigenvalue weighted by Gasteiger charge is -2.35. The van der Waals surface area contributed by atoms with Gasteiger partial charge in [-0.1, -0.05) is 15.9 Å². The predicted octanol–water partition coefficient (Wildman–Crippen LogP) is 2.18. The van der Waals surface area contributed by atoms with Crippen LogP contribution in [0.5, 0.6) is 0 Å². The van der Waals surface area contributed by atoms with E-state index in [1.54, 1.807) is 6.07 Å². The van der Waals surface area contributed by atoms with Crippen molar-refractivity contribution in [3.63, 3.8) is 0 Å². The Morgan fingerprint density at radius 3 is 3.24 bits per heavy atom. The van der Waals surface area contributed by atoms with Crippen LogP contribution >= 0.6 is 15.9 Å². The Bertz CT molecular complexity index is 540. The molecule has 0 bridgehead atoms. The van der Waals surface area contributed by atoms with Crippen molar-refractivity contribution in [2.24, 2.45) is 0 Å². The average molecular weight is 357 g/mol. The molecule has 0 aliphatic carbocycles. The molecular weight excluding hydrogens is 339 g/mol. The van der Waals surface area contributed by atoms with E-state index in [1.165, 1.54) is 25.0 Å². The first-order valence-corrected chi connectivity index (χ1v) is 8.01. The van der Waals surface area contributed by atoms with Crippen molar-refractivity contribution in [2.45, 2.75) is 25.0 Å². The molecule has 21 heavy (non-hydrogen) atoms. The van der Waals surface area contributed by atoms with E-state index in [4.69, 9.17) is 4.74 Å². The Kier molecular flexibility index (Phi) is 4.57. The first kappa shape index (κ1) is 14.9. The fourth-order valence-corrected chi connectivity index (χ4v) is 3.34. The van der Waals surface area contributed by atoms with Gasteiger partial charge in [-0.15, -0.1) is 0 Å². The van der Waals surface area contributed by atoms with E-state index in [0.29, 0.717) is 17.1 Å². The third kappa shape index (κ3) is 3.44. The summed E-state index contributed by atoms with van der Waals surface area (Å²) in [5, 5.41) is 2.77. The summed E-state index contributed by atoms with van der Waals surface area (Å²) in [4.78, 5) is 14.5. The molecule has 1 aromatic carbocycles. The molecule has 2 aliphatic rings. The van der Waals surface area contributed by atoms with E-state index in [0.717, 1.165) is 19.7 Å². The van der Waals surface area contributed by atoms with E-state index in [2.05, 4.69) is 26.1 Å². The Morgan fingerprint density at radius 1 is 1.52 bits per heavy atom. The molecule has 2 saturated heterocycles. The van der Waals surface area contributed by atoms with Crippen LogP contribution in [0.15, 0.2) is 22.7 Å². The van der Waals surface area contributed by atoms with Crippen LogP contribution < -0.4 is 5.32 Å². The van der Waals surface area contributed by atoms with Crippen LogP contribution in [-0.2, 0) is 4.74 Å². The van der Waals surface area contributed by atoms with Crippen molar-refractivity contribution in [3.8, 4) is 0 Å². The Labute approximate surface area is 131 Å². The second-order valence-electron chi connectivity index (χ2n) is 5.58. The van der Waals surface area contributed by atoms with E-state index < -0.39 is 11.7 Å². The maximum absolute atomic E-state index is 13.6. The van der Waals surface area contributed by atoms with Crippen LogP contribution in [-0.4, -0.2) is 49.2 Å². The van der Waals surface area contributed by atoms with Gasteiger partial charge in [0.2, 0.25) is 0 Å². The van der Waals surface area contributed by atoms with Crippen LogP contribution in [0.2, 0.25) is 0 Å². The zero-order chi connectivity index (χ0) is 14.8. The van der Waals surface area contributed by atoms with Gasteiger partial charge in [0, 0.05) is 23.6 Å². The fourth-order valence-electron chi connectivity index (χ4n) is 2.98. The molecule has 1 N–H and O–H groups in total. The second kappa shape index (κ2) is 6.42. The van der Waals surface area contributed by atoms with Gasteiger partial charge in [-0.05, 0) is 37.6 Å². The number of morpholine rings is 1. The van der Waals surface area contributed by atoms with Gasteiger partial charge >= 0.3 is 0 Å². The lowest BCUT2D eigenvalue weighted by atomic mass is 10.1. The summed E-state index contributed by atoms with van der Waals surface area (Å²) in [7, 11) is 0. The van der Waals surface area contributed by atoms with Crippen molar-refractivity contribution in [2.75, 3.05) is 26.2 Å². The number of nitrogens with zero attached hydrogens (tertiary/aromatic N) is 1. The minimum Gasteiger partial charge on any atom is -0.373 e. The molecule has 1 amide bonds. The van der Waals surface area contributed by atoms with Gasteiger partial charge in [-0.3, -0.25) is 9.69 Å². The van der Waals surface area contributed by atoms with Gasteiger partial charge < -0.3 is 10.1 Å². The molecule has 2 atom stereocenters. The molecule has 0 saturated carbocycles. The van der Waals surface area contributed by atoms with Crippen molar-refractivity contribution in [3.05, 3.63) is 34.1 Å². The smallest absolute Gasteiger partial charge is 0.254 e. The lowest BCUT2D eigenvalue weighted by molar-refractivity contribution is -0.0462. The summed E-state index contributed by atoms with van der Waals surface area (Å²) in [6.45, 7) is 3.09. The number of halogens is 2. The molecule has 0 radical (unpaired) electrons. The number of carbonyl (C=O) groups is 1. The number of rotatable bonds is 3. The topological polar surface area (TPSA) is 41.6 Å². The zero-order valence-corrected chi connectivity index (χ0v) is 13.2. The normalized spacial score (nSPS) is 25.6. The summed E-state index contributed by atoms with van der Waals surface area (Å²) in [5.41, 5.74) is 0.0548. The summed E-state index contributed by atoms with van der Waals surface area (Å²) in [6.07, 6.45) is 2.40. The molecule has 2 unspecified atom stereocenters. The van der Waals surface area contributed by atoms with E-state index in [1.807, 2.05) is 0 Å². The Balaban J connectivity index is 1.55. The molecule has 6 heteroatoms. The van der Waals surface area contributed by atoms with Gasteiger partial charge in [0.05, 0.1) is 18.3 Å². The Hall–Kier alpha value is -0.980. The molecule has 4 nitrogen and oxygen atoms in total. The number of hydrogen-bond acceptors (Lipinski definition) is 3. The number of ether oxygens (including phenoxy) is 1. The highest BCUT2D eigenvalue weighted by atomic mass is 79.9. The van der Waals surface area contributed by atoms with Crippen LogP contribution in [0, 0.1) is 5.82 Å². The highest BCUT2D eigenvalue weighted by Gasteiger charge is 2.32. The number of nitrogens with one attached hydrogen (secondary N) is 1. The number of carbonyl (C=O) groups excluding carboxylic acids is 1. The predicted molar refractivity (Wildman–Crippen MR) is 80.8 cm³/mol. The maximum Gasteiger partial charge on any atom is 0.254 e. The third-order valence-electron chi connectivity index (χ3n) is 4.12. The van der Waals surface area contributed by atoms with E-state index >= 15 is 0 Å². The molecule has 114 valence electrons. The Morgan fingerprint density at radius 2 is 2.38 bits per heavy atom. The second-order valence-corrected chi connectivity index (χ2v) is 6.50. The van der Waals surface area contributed by atoms with Crippen LogP contribution in [0.3, 0.4) is 0 Å². The van der Waals surface area contributed by atoms with Crippen molar-refractivity contribution >= 4 is 21.8 Å². The van der Waals surface area contributed by atoms with E-state index in [-0.39, 0.29) is 11.7 Å². The highest BCUT2D eigenvalue weighted by molar-refractivity contribution is 9.10. The first-order chi connectivity index (χ1) is 10.1. The van der Waals surface area contributed by atoms with Crippen LogP contribution in [0.1, 0.15) is 23.2 Å². The summed E-state index contributed by atoms with van der Waals surface area (Å²) >= 11 is 3.25. The molecule has 2 aliphatic heterocycles. The number of benzene rings is 1. The summed E-state index contributed by atoms with van der Waals surface area (Å²) in [6, 6.07) is 4.89. The van der Waals surface area contributed by atoms with Gasteiger partial charge in [0.15, 0.2) is 0 Å². The van der Waals surface area contributed by atoms with E-state index in [9.17, 15) is 9.18 Å². The highest BCUT2D eigenvalue weighted by Crippen LogP contribution is 2.22. The average Bonchev–Trinajstić information content (AvgIpc) is 2.94. The minimum atomic E-state index is -0.514. The third-order valence-corrected chi connectivity index (χ3v) is 4.62. The van der Waals surface area contributed by atoms with Crippen molar-refractivity contribution < 1.29 is 13.9 Å². The standard InChI is InChI=1S/C15H18BrFN2O2/c16-10-3-4-14(17)13(6-10)15(20)18-7-12-8-19-5-1-2-11(19)9-21-12/h3-4,6,11-12H,1-2,5,7-9H2,(H,18,20). The van der Waals surface area contributed by atoms with Crippen LogP contribution in [0.25, 0.3) is 0 Å². The van der Waals surface area contributed by atoms with Gasteiger partial charge in [0.1, 0.15) is 5.82 Å². The number of fused-ring (bicyclic) bond motifs is 1. The van der Waals surface area contributed by atoms with Crippen LogP contribution in [0.4, 0.5) is 4.39 Å². The van der Waals surface area contributed by atoms with Gasteiger partial charge in [-0.2, -0.15) is 0 Å². The largest absolute Gasteiger partial charge is 0.373 e. The van der Waals surface area contributed by atoms with Gasteiger partial charge in [0.25, 0.3) is 5.91 Å². The van der Waals surface area contributed by atoms with Crippen molar-refractivity contribution in [1.82, 2.24) is 10.2 Å². The lowest BCUT2D eigenvalue weighted by Crippen LogP contribution is -2.50. The first-order valence-electron chi connectivity index (χ1n) is 7.22. The molecular formula is C15H18BrFN2O2. The molecule has 0 aromatic heterocycles. The number of hydrogen-bond donors (Lipinski definition) is 1. The molecule has 2 heterocycles.